The van der Waals surface area contributed by atoms with Crippen molar-refractivity contribution < 1.29 is 14.1 Å². The second-order valence-corrected chi connectivity index (χ2v) is 13.4. The molecule has 1 aromatic heterocycles. The van der Waals surface area contributed by atoms with Crippen LogP contribution in [0.5, 0.6) is 0 Å². The van der Waals surface area contributed by atoms with Gasteiger partial charge in [0, 0.05) is 10.8 Å². The molecule has 0 fully saturated rings. The second kappa shape index (κ2) is 10.7. The van der Waals surface area contributed by atoms with Crippen LogP contribution in [0.2, 0.25) is 0 Å². The van der Waals surface area contributed by atoms with Crippen LogP contribution in [0.25, 0.3) is 67.1 Å². The highest BCUT2D eigenvalue weighted by atomic mass is 16.5. The molecular formula is C40H37BO3. The Morgan fingerprint density at radius 1 is 0.682 bits per heavy atom. The van der Waals surface area contributed by atoms with Crippen LogP contribution in [0.1, 0.15) is 52.2 Å². The van der Waals surface area contributed by atoms with Crippen molar-refractivity contribution in [1.29, 1.82) is 0 Å². The van der Waals surface area contributed by atoms with Gasteiger partial charge in [-0.2, -0.15) is 0 Å². The average Bonchev–Trinajstić information content (AvgIpc) is 3.20. The van der Waals surface area contributed by atoms with Crippen molar-refractivity contribution in [3.05, 3.63) is 114 Å². The molecule has 0 atom stereocenters. The maximum absolute atomic E-state index is 11.3. The van der Waals surface area contributed by atoms with Gasteiger partial charge in [0.05, 0.1) is 5.60 Å². The zero-order valence-corrected chi connectivity index (χ0v) is 26.0. The highest BCUT2D eigenvalue weighted by molar-refractivity contribution is 6.64. The zero-order valence-electron chi connectivity index (χ0n) is 26.0. The SMILES string of the molecule is CC(C)(C)C(C)(C)OB(O)c1cccc2oc3ccc(-c4ccc(-c5cc6ccccc6c6c5C=CCC=C6)cc4)cc3c12. The first-order valence-corrected chi connectivity index (χ1v) is 15.4. The molecule has 218 valence electrons. The monoisotopic (exact) mass is 576 g/mol. The van der Waals surface area contributed by atoms with E-state index in [9.17, 15) is 5.02 Å². The normalized spacial score (nSPS) is 13.5. The van der Waals surface area contributed by atoms with Gasteiger partial charge in [0.2, 0.25) is 0 Å². The first kappa shape index (κ1) is 28.4. The summed E-state index contributed by atoms with van der Waals surface area (Å²) in [7, 11) is -1.09. The average molecular weight is 577 g/mol. The molecule has 6 aromatic rings. The number of allylic oxidation sites excluding steroid dienone is 2. The van der Waals surface area contributed by atoms with E-state index >= 15 is 0 Å². The Morgan fingerprint density at radius 2 is 1.39 bits per heavy atom. The molecule has 1 heterocycles. The predicted molar refractivity (Wildman–Crippen MR) is 187 cm³/mol. The lowest BCUT2D eigenvalue weighted by atomic mass is 9.72. The summed E-state index contributed by atoms with van der Waals surface area (Å²) in [6.07, 6.45) is 9.94. The molecule has 3 nitrogen and oxygen atoms in total. The van der Waals surface area contributed by atoms with Gasteiger partial charge >= 0.3 is 7.12 Å². The fourth-order valence-electron chi connectivity index (χ4n) is 6.04. The summed E-state index contributed by atoms with van der Waals surface area (Å²) in [4.78, 5) is 0. The highest BCUT2D eigenvalue weighted by Gasteiger charge is 2.38. The third-order valence-electron chi connectivity index (χ3n) is 9.51. The highest BCUT2D eigenvalue weighted by Crippen LogP contribution is 2.38. The molecule has 0 radical (unpaired) electrons. The van der Waals surface area contributed by atoms with E-state index in [4.69, 9.17) is 9.07 Å². The number of rotatable bonds is 5. The van der Waals surface area contributed by atoms with Crippen molar-refractivity contribution in [1.82, 2.24) is 0 Å². The van der Waals surface area contributed by atoms with Gasteiger partial charge < -0.3 is 14.1 Å². The van der Waals surface area contributed by atoms with Crippen LogP contribution in [0.4, 0.5) is 0 Å². The molecule has 0 saturated heterocycles. The quantitative estimate of drug-likeness (QED) is 0.208. The van der Waals surface area contributed by atoms with Gasteiger partial charge in [-0.3, -0.25) is 0 Å². The third-order valence-corrected chi connectivity index (χ3v) is 9.51. The van der Waals surface area contributed by atoms with E-state index in [0.29, 0.717) is 5.46 Å². The molecule has 0 amide bonds. The van der Waals surface area contributed by atoms with Crippen molar-refractivity contribution in [2.24, 2.45) is 5.41 Å². The first-order chi connectivity index (χ1) is 21.1. The molecule has 0 saturated carbocycles. The Kier molecular flexibility index (Phi) is 6.88. The molecule has 7 rings (SSSR count). The minimum absolute atomic E-state index is 0.155. The summed E-state index contributed by atoms with van der Waals surface area (Å²) in [5.74, 6) is 0. The van der Waals surface area contributed by atoms with Crippen LogP contribution in [-0.2, 0) is 4.65 Å². The molecule has 0 bridgehead atoms. The lowest BCUT2D eigenvalue weighted by molar-refractivity contribution is -0.0128. The van der Waals surface area contributed by atoms with E-state index in [-0.39, 0.29) is 5.41 Å². The van der Waals surface area contributed by atoms with E-state index in [1.807, 2.05) is 38.1 Å². The standard InChI is InChI=1S/C40H37BO3/c1-39(2,3)40(4,5)44-41(42)35-16-11-17-37-38(35)34-24-28(22-23-36(34)43-37)26-18-20-27(21-19-26)33-25-29-12-9-10-13-30(29)31-14-7-6-8-15-32(31)33/h7-25,42H,6H2,1-5H3. The van der Waals surface area contributed by atoms with Crippen molar-refractivity contribution >= 4 is 57.4 Å². The van der Waals surface area contributed by atoms with Gasteiger partial charge in [-0.25, -0.2) is 0 Å². The Morgan fingerprint density at radius 3 is 2.16 bits per heavy atom. The molecule has 1 aliphatic rings. The number of hydrogen-bond donors (Lipinski definition) is 1. The molecule has 4 heteroatoms. The van der Waals surface area contributed by atoms with Crippen LogP contribution in [0.3, 0.4) is 0 Å². The third kappa shape index (κ3) is 4.89. The Bertz CT molecular complexity index is 2090. The van der Waals surface area contributed by atoms with Crippen LogP contribution in [0, 0.1) is 5.41 Å². The predicted octanol–water partition coefficient (Wildman–Crippen LogP) is 10.0. The van der Waals surface area contributed by atoms with E-state index < -0.39 is 12.7 Å². The summed E-state index contributed by atoms with van der Waals surface area (Å²) >= 11 is 0. The minimum Gasteiger partial charge on any atom is -0.456 e. The zero-order chi connectivity index (χ0) is 30.6. The minimum atomic E-state index is -1.09. The molecular weight excluding hydrogens is 539 g/mol. The molecule has 0 spiro atoms. The van der Waals surface area contributed by atoms with Crippen LogP contribution < -0.4 is 5.46 Å². The van der Waals surface area contributed by atoms with Gasteiger partial charge in [0.15, 0.2) is 0 Å². The van der Waals surface area contributed by atoms with Crippen molar-refractivity contribution in [3.8, 4) is 22.3 Å². The Balaban J connectivity index is 1.29. The smallest absolute Gasteiger partial charge is 0.456 e. The van der Waals surface area contributed by atoms with Crippen LogP contribution in [0.15, 0.2) is 108 Å². The summed E-state index contributed by atoms with van der Waals surface area (Å²) in [5.41, 5.74) is 8.72. The van der Waals surface area contributed by atoms with E-state index in [0.717, 1.165) is 39.5 Å². The Hall–Kier alpha value is -4.38. The van der Waals surface area contributed by atoms with Gasteiger partial charge in [0.25, 0.3) is 0 Å². The van der Waals surface area contributed by atoms with Gasteiger partial charge in [0.1, 0.15) is 11.2 Å². The lowest BCUT2D eigenvalue weighted by Crippen LogP contribution is -2.48. The van der Waals surface area contributed by atoms with Crippen molar-refractivity contribution in [3.63, 3.8) is 0 Å². The second-order valence-electron chi connectivity index (χ2n) is 13.4. The number of fused-ring (bicyclic) bond motifs is 6. The Labute approximate surface area is 259 Å². The maximum Gasteiger partial charge on any atom is 0.492 e. The number of benzene rings is 5. The fourth-order valence-corrected chi connectivity index (χ4v) is 6.04. The first-order valence-electron chi connectivity index (χ1n) is 15.4. The number of furan rings is 1. The number of hydrogen-bond acceptors (Lipinski definition) is 3. The van der Waals surface area contributed by atoms with Crippen molar-refractivity contribution in [2.45, 2.75) is 46.6 Å². The molecule has 0 aliphatic heterocycles. The summed E-state index contributed by atoms with van der Waals surface area (Å²) in [6, 6.07) is 31.8. The topological polar surface area (TPSA) is 42.6 Å². The summed E-state index contributed by atoms with van der Waals surface area (Å²) in [6.45, 7) is 10.4. The fraction of sp³-hybridized carbons (Fsp3) is 0.200. The molecule has 1 N–H and O–H groups in total. The van der Waals surface area contributed by atoms with Crippen LogP contribution in [-0.4, -0.2) is 17.7 Å². The molecule has 5 aromatic carbocycles. The van der Waals surface area contributed by atoms with Crippen LogP contribution >= 0.6 is 0 Å². The summed E-state index contributed by atoms with van der Waals surface area (Å²) in [5, 5.41) is 15.7. The van der Waals surface area contributed by atoms with Crippen molar-refractivity contribution in [2.75, 3.05) is 0 Å². The van der Waals surface area contributed by atoms with Gasteiger partial charge in [-0.15, -0.1) is 0 Å². The van der Waals surface area contributed by atoms with Gasteiger partial charge in [-0.1, -0.05) is 112 Å². The summed E-state index contributed by atoms with van der Waals surface area (Å²) < 4.78 is 12.5. The van der Waals surface area contributed by atoms with E-state index in [1.165, 1.54) is 33.0 Å². The maximum atomic E-state index is 11.3. The van der Waals surface area contributed by atoms with E-state index in [1.54, 1.807) is 0 Å². The molecule has 0 unspecified atom stereocenters. The molecule has 1 aliphatic carbocycles. The lowest BCUT2D eigenvalue weighted by Gasteiger charge is -2.40. The van der Waals surface area contributed by atoms with Gasteiger partial charge in [-0.05, 0) is 99.6 Å². The largest absolute Gasteiger partial charge is 0.492 e. The molecule has 44 heavy (non-hydrogen) atoms. The van der Waals surface area contributed by atoms with E-state index in [2.05, 4.69) is 112 Å².